The smallest absolute Gasteiger partial charge is 0.168 e. The number of ketones is 1. The van der Waals surface area contributed by atoms with Crippen LogP contribution in [0.15, 0.2) is 18.2 Å². The first-order chi connectivity index (χ1) is 8.24. The van der Waals surface area contributed by atoms with E-state index in [1.54, 1.807) is 19.2 Å². The van der Waals surface area contributed by atoms with Gasteiger partial charge in [0.2, 0.25) is 0 Å². The molecule has 4 heteroatoms. The number of carbonyl (C=O) groups excluding carboxylic acids is 1. The lowest BCUT2D eigenvalue weighted by Gasteiger charge is -2.22. The molecule has 1 saturated heterocycles. The van der Waals surface area contributed by atoms with Crippen LogP contribution in [0.1, 0.15) is 23.2 Å². The maximum Gasteiger partial charge on any atom is 0.168 e. The molecule has 1 heterocycles. The van der Waals surface area contributed by atoms with Gasteiger partial charge in [0.15, 0.2) is 5.78 Å². The molecule has 0 aliphatic carbocycles. The van der Waals surface area contributed by atoms with E-state index in [1.165, 1.54) is 0 Å². The summed E-state index contributed by atoms with van der Waals surface area (Å²) >= 11 is 0. The highest BCUT2D eigenvalue weighted by atomic mass is 16.5. The van der Waals surface area contributed by atoms with Crippen molar-refractivity contribution in [3.63, 3.8) is 0 Å². The first-order valence-electron chi connectivity index (χ1n) is 5.91. The van der Waals surface area contributed by atoms with Gasteiger partial charge in [0.1, 0.15) is 5.75 Å². The molecule has 17 heavy (non-hydrogen) atoms. The molecule has 0 unspecified atom stereocenters. The van der Waals surface area contributed by atoms with E-state index in [-0.39, 0.29) is 11.7 Å². The number of anilines is 1. The van der Waals surface area contributed by atoms with Gasteiger partial charge >= 0.3 is 0 Å². The molecule has 1 aromatic rings. The Bertz CT molecular complexity index is 412. The molecular formula is C13H18N2O2. The molecule has 0 aromatic heterocycles. The molecule has 2 rings (SSSR count). The van der Waals surface area contributed by atoms with Gasteiger partial charge in [-0.2, -0.15) is 0 Å². The molecule has 0 amide bonds. The molecule has 1 aliphatic heterocycles. The first-order valence-corrected chi connectivity index (χ1v) is 5.91. The molecule has 0 atom stereocenters. The molecule has 0 spiro atoms. The summed E-state index contributed by atoms with van der Waals surface area (Å²) in [5.41, 5.74) is 6.99. The zero-order valence-electron chi connectivity index (χ0n) is 10.0. The summed E-state index contributed by atoms with van der Waals surface area (Å²) in [5, 5.41) is 3.25. The third-order valence-corrected chi connectivity index (χ3v) is 3.26. The molecule has 0 bridgehead atoms. The molecule has 0 saturated carbocycles. The van der Waals surface area contributed by atoms with Crippen LogP contribution in [-0.2, 0) is 0 Å². The summed E-state index contributed by atoms with van der Waals surface area (Å²) in [4.78, 5) is 12.3. The summed E-state index contributed by atoms with van der Waals surface area (Å²) in [6.07, 6.45) is 1.77. The lowest BCUT2D eigenvalue weighted by molar-refractivity contribution is 0.0896. The fourth-order valence-corrected chi connectivity index (χ4v) is 2.24. The number of nitrogens with two attached hydrogens (primary N) is 1. The fourth-order valence-electron chi connectivity index (χ4n) is 2.24. The highest BCUT2D eigenvalue weighted by Gasteiger charge is 2.24. The monoisotopic (exact) mass is 234 g/mol. The molecule has 0 radical (unpaired) electrons. The number of piperidine rings is 1. The van der Waals surface area contributed by atoms with Crippen LogP contribution in [0.4, 0.5) is 5.69 Å². The number of hydrogen-bond donors (Lipinski definition) is 2. The van der Waals surface area contributed by atoms with Gasteiger partial charge in [0.25, 0.3) is 0 Å². The third-order valence-electron chi connectivity index (χ3n) is 3.26. The molecule has 1 aromatic carbocycles. The predicted molar refractivity (Wildman–Crippen MR) is 67.3 cm³/mol. The number of rotatable bonds is 3. The minimum Gasteiger partial charge on any atom is -0.495 e. The van der Waals surface area contributed by atoms with Crippen LogP contribution in [0.2, 0.25) is 0 Å². The standard InChI is InChI=1S/C13H18N2O2/c1-17-11-4-2-3-10(12(11)14)13(16)9-5-7-15-8-6-9/h2-4,9,15H,5-8,14H2,1H3. The van der Waals surface area contributed by atoms with Crippen LogP contribution in [0.25, 0.3) is 0 Å². The number of Topliss-reactive ketones (excluding diaryl/α,β-unsaturated/α-hetero) is 1. The summed E-state index contributed by atoms with van der Waals surface area (Å²) < 4.78 is 5.13. The molecule has 1 fully saturated rings. The van der Waals surface area contributed by atoms with Crippen LogP contribution in [0.5, 0.6) is 5.75 Å². The van der Waals surface area contributed by atoms with E-state index >= 15 is 0 Å². The van der Waals surface area contributed by atoms with E-state index in [4.69, 9.17) is 10.5 Å². The van der Waals surface area contributed by atoms with Gasteiger partial charge in [-0.3, -0.25) is 4.79 Å². The number of carbonyl (C=O) groups is 1. The average Bonchev–Trinajstić information content (AvgIpc) is 2.39. The number of benzene rings is 1. The zero-order chi connectivity index (χ0) is 12.3. The molecular weight excluding hydrogens is 216 g/mol. The average molecular weight is 234 g/mol. The maximum atomic E-state index is 12.3. The number of nitrogen functional groups attached to an aromatic ring is 1. The Balaban J connectivity index is 2.23. The van der Waals surface area contributed by atoms with E-state index in [0.717, 1.165) is 25.9 Å². The minimum absolute atomic E-state index is 0.0886. The Kier molecular flexibility index (Phi) is 3.64. The number of nitrogens with one attached hydrogen (secondary N) is 1. The van der Waals surface area contributed by atoms with E-state index < -0.39 is 0 Å². The topological polar surface area (TPSA) is 64.3 Å². The van der Waals surface area contributed by atoms with Crippen LogP contribution >= 0.6 is 0 Å². The van der Waals surface area contributed by atoms with E-state index in [2.05, 4.69) is 5.32 Å². The maximum absolute atomic E-state index is 12.3. The van der Waals surface area contributed by atoms with Gasteiger partial charge in [0, 0.05) is 11.5 Å². The minimum atomic E-state index is 0.0886. The Morgan fingerprint density at radius 1 is 1.41 bits per heavy atom. The first kappa shape index (κ1) is 11.9. The second-order valence-electron chi connectivity index (χ2n) is 4.31. The Morgan fingerprint density at radius 2 is 2.12 bits per heavy atom. The third kappa shape index (κ3) is 2.42. The largest absolute Gasteiger partial charge is 0.495 e. The van der Waals surface area contributed by atoms with Crippen molar-refractivity contribution < 1.29 is 9.53 Å². The summed E-state index contributed by atoms with van der Waals surface area (Å²) in [7, 11) is 1.56. The number of hydrogen-bond acceptors (Lipinski definition) is 4. The Hall–Kier alpha value is -1.55. The normalized spacial score (nSPS) is 16.8. The summed E-state index contributed by atoms with van der Waals surface area (Å²) in [5.74, 6) is 0.804. The molecule has 92 valence electrons. The van der Waals surface area contributed by atoms with Crippen molar-refractivity contribution in [2.75, 3.05) is 25.9 Å². The van der Waals surface area contributed by atoms with Gasteiger partial charge < -0.3 is 15.8 Å². The van der Waals surface area contributed by atoms with Gasteiger partial charge in [-0.15, -0.1) is 0 Å². The van der Waals surface area contributed by atoms with Gasteiger partial charge in [-0.05, 0) is 38.1 Å². The zero-order valence-corrected chi connectivity index (χ0v) is 10.0. The van der Waals surface area contributed by atoms with E-state index in [1.807, 2.05) is 6.07 Å². The highest BCUT2D eigenvalue weighted by Crippen LogP contribution is 2.28. The lowest BCUT2D eigenvalue weighted by atomic mass is 9.89. The van der Waals surface area contributed by atoms with Crippen molar-refractivity contribution in [1.82, 2.24) is 5.32 Å². The van der Waals surface area contributed by atoms with Crippen molar-refractivity contribution in [2.24, 2.45) is 5.92 Å². The van der Waals surface area contributed by atoms with Crippen molar-refractivity contribution in [3.8, 4) is 5.75 Å². The number of para-hydroxylation sites is 1. The number of methoxy groups -OCH3 is 1. The summed E-state index contributed by atoms with van der Waals surface area (Å²) in [6, 6.07) is 5.36. The fraction of sp³-hybridized carbons (Fsp3) is 0.462. The van der Waals surface area contributed by atoms with Crippen molar-refractivity contribution in [2.45, 2.75) is 12.8 Å². The van der Waals surface area contributed by atoms with Crippen molar-refractivity contribution in [1.29, 1.82) is 0 Å². The lowest BCUT2D eigenvalue weighted by Crippen LogP contribution is -2.32. The quantitative estimate of drug-likeness (QED) is 0.614. The Morgan fingerprint density at radius 3 is 2.76 bits per heavy atom. The predicted octanol–water partition coefficient (Wildman–Crippen LogP) is 1.46. The van der Waals surface area contributed by atoms with Crippen molar-refractivity contribution >= 4 is 11.5 Å². The van der Waals surface area contributed by atoms with Crippen LogP contribution in [0.3, 0.4) is 0 Å². The second-order valence-corrected chi connectivity index (χ2v) is 4.31. The van der Waals surface area contributed by atoms with E-state index in [0.29, 0.717) is 17.0 Å². The van der Waals surface area contributed by atoms with Gasteiger partial charge in [-0.1, -0.05) is 6.07 Å². The highest BCUT2D eigenvalue weighted by molar-refractivity contribution is 6.03. The van der Waals surface area contributed by atoms with Crippen LogP contribution in [0, 0.1) is 5.92 Å². The molecule has 1 aliphatic rings. The van der Waals surface area contributed by atoms with Gasteiger partial charge in [-0.25, -0.2) is 0 Å². The van der Waals surface area contributed by atoms with Crippen LogP contribution in [-0.4, -0.2) is 26.0 Å². The SMILES string of the molecule is COc1cccc(C(=O)C2CCNCC2)c1N. The van der Waals surface area contributed by atoms with Crippen LogP contribution < -0.4 is 15.8 Å². The van der Waals surface area contributed by atoms with Crippen molar-refractivity contribution in [3.05, 3.63) is 23.8 Å². The Labute approximate surface area is 101 Å². The molecule has 3 N–H and O–H groups in total. The second kappa shape index (κ2) is 5.19. The molecule has 4 nitrogen and oxygen atoms in total. The summed E-state index contributed by atoms with van der Waals surface area (Å²) in [6.45, 7) is 1.81. The van der Waals surface area contributed by atoms with E-state index in [9.17, 15) is 4.79 Å². The van der Waals surface area contributed by atoms with Gasteiger partial charge in [0.05, 0.1) is 12.8 Å². The number of ether oxygens (including phenoxy) is 1.